The van der Waals surface area contributed by atoms with Crippen molar-refractivity contribution in [1.82, 2.24) is 9.88 Å². The Kier molecular flexibility index (Phi) is 3.10. The van der Waals surface area contributed by atoms with Crippen molar-refractivity contribution in [1.29, 1.82) is 0 Å². The first-order valence-electron chi connectivity index (χ1n) is 6.52. The lowest BCUT2D eigenvalue weighted by atomic mass is 10.1. The number of aromatic nitrogens is 1. The Morgan fingerprint density at radius 1 is 1.25 bits per heavy atom. The summed E-state index contributed by atoms with van der Waals surface area (Å²) < 4.78 is 0. The molecule has 0 unspecified atom stereocenters. The van der Waals surface area contributed by atoms with E-state index in [9.17, 15) is 9.59 Å². The summed E-state index contributed by atoms with van der Waals surface area (Å²) >= 11 is 0. The van der Waals surface area contributed by atoms with Crippen molar-refractivity contribution in [3.8, 4) is 0 Å². The molecular weight excluding hydrogens is 256 g/mol. The van der Waals surface area contributed by atoms with Gasteiger partial charge in [0.1, 0.15) is 5.69 Å². The van der Waals surface area contributed by atoms with Crippen LogP contribution in [0, 0.1) is 5.92 Å². The predicted octanol–water partition coefficient (Wildman–Crippen LogP) is 1.78. The summed E-state index contributed by atoms with van der Waals surface area (Å²) in [6, 6.07) is 9.42. The molecule has 1 saturated heterocycles. The Morgan fingerprint density at radius 3 is 2.80 bits per heavy atom. The molecule has 0 spiro atoms. The molecule has 1 aliphatic rings. The van der Waals surface area contributed by atoms with Crippen LogP contribution in [0.3, 0.4) is 0 Å². The Hall–Kier alpha value is -2.43. The molecule has 2 heterocycles. The van der Waals surface area contributed by atoms with Gasteiger partial charge in [-0.05, 0) is 17.9 Å². The average molecular weight is 270 g/mol. The largest absolute Gasteiger partial charge is 0.481 e. The first-order valence-corrected chi connectivity index (χ1v) is 6.52. The van der Waals surface area contributed by atoms with Crippen molar-refractivity contribution < 1.29 is 14.7 Å². The smallest absolute Gasteiger partial charge is 0.308 e. The molecule has 1 amide bonds. The SMILES string of the molecule is O=C(O)[C@H]1CCN(C(=O)c2nccc3ccccc23)C1. The fourth-order valence-corrected chi connectivity index (χ4v) is 2.59. The van der Waals surface area contributed by atoms with Crippen LogP contribution < -0.4 is 0 Å². The molecule has 1 aliphatic heterocycles. The minimum atomic E-state index is -0.842. The Balaban J connectivity index is 1.92. The maximum absolute atomic E-state index is 12.5. The van der Waals surface area contributed by atoms with Crippen LogP contribution in [0.5, 0.6) is 0 Å². The average Bonchev–Trinajstić information content (AvgIpc) is 2.96. The van der Waals surface area contributed by atoms with Crippen molar-refractivity contribution in [2.75, 3.05) is 13.1 Å². The summed E-state index contributed by atoms with van der Waals surface area (Å²) in [7, 11) is 0. The number of amides is 1. The van der Waals surface area contributed by atoms with Gasteiger partial charge >= 0.3 is 5.97 Å². The molecule has 0 bridgehead atoms. The predicted molar refractivity (Wildman–Crippen MR) is 73.4 cm³/mol. The van der Waals surface area contributed by atoms with E-state index in [1.165, 1.54) is 0 Å². The highest BCUT2D eigenvalue weighted by Gasteiger charge is 2.32. The fraction of sp³-hybridized carbons (Fsp3) is 0.267. The number of hydrogen-bond donors (Lipinski definition) is 1. The maximum atomic E-state index is 12.5. The van der Waals surface area contributed by atoms with Gasteiger partial charge in [-0.3, -0.25) is 14.6 Å². The number of carbonyl (C=O) groups excluding carboxylic acids is 1. The number of carbonyl (C=O) groups is 2. The van der Waals surface area contributed by atoms with E-state index in [-0.39, 0.29) is 12.5 Å². The standard InChI is InChI=1S/C15H14N2O3/c18-14(17-8-6-11(9-17)15(19)20)13-12-4-2-1-3-10(12)5-7-16-13/h1-5,7,11H,6,8-9H2,(H,19,20)/t11-/m0/s1. The fourth-order valence-electron chi connectivity index (χ4n) is 2.59. The van der Waals surface area contributed by atoms with Gasteiger partial charge in [-0.25, -0.2) is 0 Å². The number of carboxylic acids is 1. The number of benzene rings is 1. The maximum Gasteiger partial charge on any atom is 0.308 e. The third-order valence-electron chi connectivity index (χ3n) is 3.70. The highest BCUT2D eigenvalue weighted by atomic mass is 16.4. The molecule has 2 aromatic rings. The van der Waals surface area contributed by atoms with Crippen LogP contribution in [0.15, 0.2) is 36.5 Å². The summed E-state index contributed by atoms with van der Waals surface area (Å²) in [5.41, 5.74) is 0.397. The van der Waals surface area contributed by atoms with Crippen molar-refractivity contribution in [3.63, 3.8) is 0 Å². The molecule has 0 saturated carbocycles. The van der Waals surface area contributed by atoms with E-state index in [1.54, 1.807) is 11.1 Å². The Morgan fingerprint density at radius 2 is 2.05 bits per heavy atom. The van der Waals surface area contributed by atoms with Gasteiger partial charge in [-0.2, -0.15) is 0 Å². The number of pyridine rings is 1. The summed E-state index contributed by atoms with van der Waals surface area (Å²) in [6.45, 7) is 0.736. The molecule has 1 aromatic carbocycles. The molecule has 1 N–H and O–H groups in total. The quantitative estimate of drug-likeness (QED) is 0.903. The van der Waals surface area contributed by atoms with Crippen LogP contribution in [-0.2, 0) is 4.79 Å². The molecule has 0 radical (unpaired) electrons. The number of hydrogen-bond acceptors (Lipinski definition) is 3. The number of rotatable bonds is 2. The first-order chi connectivity index (χ1) is 9.66. The van der Waals surface area contributed by atoms with Crippen LogP contribution in [0.25, 0.3) is 10.8 Å². The monoisotopic (exact) mass is 270 g/mol. The molecule has 1 fully saturated rings. The third kappa shape index (κ3) is 2.11. The topological polar surface area (TPSA) is 70.5 Å². The van der Waals surface area contributed by atoms with Crippen LogP contribution in [0.2, 0.25) is 0 Å². The highest BCUT2D eigenvalue weighted by Crippen LogP contribution is 2.22. The number of likely N-dealkylation sites (tertiary alicyclic amines) is 1. The number of carboxylic acid groups (broad SMARTS) is 1. The number of aliphatic carboxylic acids is 1. The van der Waals surface area contributed by atoms with Crippen molar-refractivity contribution in [2.24, 2.45) is 5.92 Å². The van der Waals surface area contributed by atoms with E-state index in [4.69, 9.17) is 5.11 Å². The van der Waals surface area contributed by atoms with Crippen LogP contribution in [0.1, 0.15) is 16.9 Å². The van der Waals surface area contributed by atoms with Crippen molar-refractivity contribution in [2.45, 2.75) is 6.42 Å². The normalized spacial score (nSPS) is 18.4. The molecule has 5 nitrogen and oxygen atoms in total. The summed E-state index contributed by atoms with van der Waals surface area (Å²) in [4.78, 5) is 29.2. The molecule has 0 aliphatic carbocycles. The van der Waals surface area contributed by atoms with Gasteiger partial charge < -0.3 is 10.0 Å². The molecule has 20 heavy (non-hydrogen) atoms. The lowest BCUT2D eigenvalue weighted by Crippen LogP contribution is -2.30. The Bertz CT molecular complexity index is 678. The highest BCUT2D eigenvalue weighted by molar-refractivity contribution is 6.05. The van der Waals surface area contributed by atoms with Crippen LogP contribution in [-0.4, -0.2) is 40.0 Å². The lowest BCUT2D eigenvalue weighted by Gasteiger charge is -2.16. The molecule has 1 aromatic heterocycles. The molecule has 102 valence electrons. The van der Waals surface area contributed by atoms with Gasteiger partial charge in [-0.1, -0.05) is 24.3 Å². The van der Waals surface area contributed by atoms with E-state index >= 15 is 0 Å². The Labute approximate surface area is 115 Å². The zero-order chi connectivity index (χ0) is 14.1. The van der Waals surface area contributed by atoms with Crippen molar-refractivity contribution in [3.05, 3.63) is 42.2 Å². The summed E-state index contributed by atoms with van der Waals surface area (Å²) in [5.74, 6) is -1.49. The van der Waals surface area contributed by atoms with E-state index in [1.807, 2.05) is 30.3 Å². The van der Waals surface area contributed by atoms with E-state index in [0.717, 1.165) is 10.8 Å². The summed E-state index contributed by atoms with van der Waals surface area (Å²) in [6.07, 6.45) is 2.12. The minimum absolute atomic E-state index is 0.189. The summed E-state index contributed by atoms with van der Waals surface area (Å²) in [5, 5.41) is 10.8. The molecule has 3 rings (SSSR count). The van der Waals surface area contributed by atoms with E-state index in [0.29, 0.717) is 18.7 Å². The van der Waals surface area contributed by atoms with E-state index in [2.05, 4.69) is 4.98 Å². The zero-order valence-electron chi connectivity index (χ0n) is 10.8. The van der Waals surface area contributed by atoms with Gasteiger partial charge in [0.25, 0.3) is 5.91 Å². The van der Waals surface area contributed by atoms with Gasteiger partial charge in [0.05, 0.1) is 5.92 Å². The second-order valence-electron chi connectivity index (χ2n) is 4.96. The van der Waals surface area contributed by atoms with E-state index < -0.39 is 11.9 Å². The van der Waals surface area contributed by atoms with Gasteiger partial charge in [0.15, 0.2) is 0 Å². The molecular formula is C15H14N2O3. The third-order valence-corrected chi connectivity index (χ3v) is 3.70. The van der Waals surface area contributed by atoms with Gasteiger partial charge in [0, 0.05) is 24.7 Å². The molecule has 5 heteroatoms. The minimum Gasteiger partial charge on any atom is -0.481 e. The van der Waals surface area contributed by atoms with Gasteiger partial charge in [-0.15, -0.1) is 0 Å². The second kappa shape index (κ2) is 4.92. The van der Waals surface area contributed by atoms with Crippen molar-refractivity contribution >= 4 is 22.6 Å². The number of nitrogens with zero attached hydrogens (tertiary/aromatic N) is 2. The first kappa shape index (κ1) is 12.6. The zero-order valence-corrected chi connectivity index (χ0v) is 10.8. The van der Waals surface area contributed by atoms with Crippen LogP contribution in [0.4, 0.5) is 0 Å². The molecule has 1 atom stereocenters. The lowest BCUT2D eigenvalue weighted by molar-refractivity contribution is -0.141. The number of fused-ring (bicyclic) bond motifs is 1. The van der Waals surface area contributed by atoms with Crippen LogP contribution >= 0.6 is 0 Å². The van der Waals surface area contributed by atoms with Gasteiger partial charge in [0.2, 0.25) is 0 Å². The second-order valence-corrected chi connectivity index (χ2v) is 4.96.